The summed E-state index contributed by atoms with van der Waals surface area (Å²) in [5, 5.41) is 0. The van der Waals surface area contributed by atoms with Crippen molar-refractivity contribution in [2.24, 2.45) is 5.92 Å². The molecule has 1 aliphatic rings. The van der Waals surface area contributed by atoms with E-state index in [1.54, 1.807) is 0 Å². The van der Waals surface area contributed by atoms with Crippen molar-refractivity contribution in [1.82, 2.24) is 4.98 Å². The predicted octanol–water partition coefficient (Wildman–Crippen LogP) is 6.25. The maximum atomic E-state index is 6.18. The summed E-state index contributed by atoms with van der Waals surface area (Å²) < 4.78 is 6.18. The predicted molar refractivity (Wildman–Crippen MR) is 98.1 cm³/mol. The second-order valence-electron chi connectivity index (χ2n) is 7.27. The third-order valence-electron chi connectivity index (χ3n) is 5.35. The van der Waals surface area contributed by atoms with Crippen LogP contribution in [0.2, 0.25) is 0 Å². The Hall–Kier alpha value is -1.05. The van der Waals surface area contributed by atoms with Crippen LogP contribution in [0.15, 0.2) is 12.3 Å². The molecule has 2 heteroatoms. The summed E-state index contributed by atoms with van der Waals surface area (Å²) in [6, 6.07) is 2.19. The molecule has 0 N–H and O–H groups in total. The van der Waals surface area contributed by atoms with Crippen LogP contribution >= 0.6 is 0 Å². The minimum Gasteiger partial charge on any atom is -0.489 e. The smallest absolute Gasteiger partial charge is 0.138 e. The van der Waals surface area contributed by atoms with Crippen molar-refractivity contribution in [3.05, 3.63) is 23.5 Å². The average molecular weight is 318 g/mol. The highest BCUT2D eigenvalue weighted by molar-refractivity contribution is 5.28. The molecule has 2 nitrogen and oxygen atoms in total. The zero-order valence-electron chi connectivity index (χ0n) is 15.4. The van der Waals surface area contributed by atoms with Crippen LogP contribution in [-0.4, -0.2) is 11.1 Å². The maximum Gasteiger partial charge on any atom is 0.138 e. The first-order valence-corrected chi connectivity index (χ1v) is 9.85. The topological polar surface area (TPSA) is 22.1 Å². The summed E-state index contributed by atoms with van der Waals surface area (Å²) in [6.07, 6.45) is 16.4. The van der Waals surface area contributed by atoms with Crippen molar-refractivity contribution in [2.75, 3.05) is 0 Å². The fourth-order valence-electron chi connectivity index (χ4n) is 3.65. The van der Waals surface area contributed by atoms with Gasteiger partial charge in [-0.15, -0.1) is 0 Å². The molecule has 1 aliphatic carbocycles. The number of aromatic nitrogens is 1. The number of pyridine rings is 1. The Balaban J connectivity index is 1.77. The van der Waals surface area contributed by atoms with Gasteiger partial charge in [-0.3, -0.25) is 4.98 Å². The minimum absolute atomic E-state index is 0.402. The van der Waals surface area contributed by atoms with Gasteiger partial charge in [0.25, 0.3) is 0 Å². The molecule has 0 saturated heterocycles. The van der Waals surface area contributed by atoms with E-state index in [-0.39, 0.29) is 0 Å². The van der Waals surface area contributed by atoms with Crippen molar-refractivity contribution in [1.29, 1.82) is 0 Å². The monoisotopic (exact) mass is 317 g/mol. The summed E-state index contributed by atoms with van der Waals surface area (Å²) in [4.78, 5) is 4.67. The van der Waals surface area contributed by atoms with Crippen LogP contribution in [-0.2, 0) is 6.42 Å². The molecule has 0 bridgehead atoms. The van der Waals surface area contributed by atoms with Crippen LogP contribution in [0.3, 0.4) is 0 Å². The molecule has 1 heterocycles. The van der Waals surface area contributed by atoms with E-state index in [4.69, 9.17) is 4.74 Å². The molecule has 1 aromatic rings. The van der Waals surface area contributed by atoms with E-state index in [1.807, 2.05) is 6.20 Å². The molecular weight excluding hydrogens is 282 g/mol. The lowest BCUT2D eigenvalue weighted by atomic mass is 9.86. The standard InChI is InChI=1S/C21H35NO/c1-4-6-7-8-9-10-21-17(3)15-20(16-22-21)23-19-13-11-18(5-2)12-14-19/h15-16,18-19H,4-14H2,1-3H3/t18-,19-. The van der Waals surface area contributed by atoms with Gasteiger partial charge in [0.05, 0.1) is 12.3 Å². The molecular formula is C21H35NO. The van der Waals surface area contributed by atoms with Crippen LogP contribution < -0.4 is 4.74 Å². The number of unbranched alkanes of at least 4 members (excludes halogenated alkanes) is 4. The molecule has 1 aromatic heterocycles. The maximum absolute atomic E-state index is 6.18. The normalized spacial score (nSPS) is 21.3. The summed E-state index contributed by atoms with van der Waals surface area (Å²) >= 11 is 0. The van der Waals surface area contributed by atoms with Gasteiger partial charge in [-0.05, 0) is 63.0 Å². The van der Waals surface area contributed by atoms with Crippen LogP contribution in [0.25, 0.3) is 0 Å². The second-order valence-corrected chi connectivity index (χ2v) is 7.27. The second kappa shape index (κ2) is 9.95. The summed E-state index contributed by atoms with van der Waals surface area (Å²) in [5.41, 5.74) is 2.55. The van der Waals surface area contributed by atoms with Gasteiger partial charge >= 0.3 is 0 Å². The van der Waals surface area contributed by atoms with Crippen LogP contribution in [0.4, 0.5) is 0 Å². The largest absolute Gasteiger partial charge is 0.489 e. The fraction of sp³-hybridized carbons (Fsp3) is 0.762. The number of ether oxygens (including phenoxy) is 1. The third kappa shape index (κ3) is 6.16. The van der Waals surface area contributed by atoms with E-state index in [0.29, 0.717) is 6.10 Å². The highest BCUT2D eigenvalue weighted by atomic mass is 16.5. The lowest BCUT2D eigenvalue weighted by Gasteiger charge is -2.28. The molecule has 0 amide bonds. The van der Waals surface area contributed by atoms with E-state index >= 15 is 0 Å². The van der Waals surface area contributed by atoms with Gasteiger partial charge in [0.15, 0.2) is 0 Å². The Morgan fingerprint density at radius 3 is 2.43 bits per heavy atom. The molecule has 0 atom stereocenters. The van der Waals surface area contributed by atoms with Crippen LogP contribution in [0, 0.1) is 12.8 Å². The zero-order chi connectivity index (χ0) is 16.5. The molecule has 1 saturated carbocycles. The molecule has 1 fully saturated rings. The third-order valence-corrected chi connectivity index (χ3v) is 5.35. The van der Waals surface area contributed by atoms with Crippen LogP contribution in [0.1, 0.15) is 89.3 Å². The fourth-order valence-corrected chi connectivity index (χ4v) is 3.65. The van der Waals surface area contributed by atoms with Gasteiger partial charge in [-0.2, -0.15) is 0 Å². The minimum atomic E-state index is 0.402. The lowest BCUT2D eigenvalue weighted by Crippen LogP contribution is -2.24. The average Bonchev–Trinajstić information content (AvgIpc) is 2.57. The Kier molecular flexibility index (Phi) is 7.91. The number of hydrogen-bond donors (Lipinski definition) is 0. The van der Waals surface area contributed by atoms with Gasteiger partial charge in [0.1, 0.15) is 5.75 Å². The Morgan fingerprint density at radius 2 is 1.78 bits per heavy atom. The molecule has 0 radical (unpaired) electrons. The van der Waals surface area contributed by atoms with E-state index < -0.39 is 0 Å². The number of nitrogens with zero attached hydrogens (tertiary/aromatic N) is 1. The quantitative estimate of drug-likeness (QED) is 0.502. The van der Waals surface area contributed by atoms with Gasteiger partial charge in [-0.1, -0.05) is 46.0 Å². The van der Waals surface area contributed by atoms with E-state index in [0.717, 1.165) is 18.1 Å². The number of aryl methyl sites for hydroxylation is 2. The SMILES string of the molecule is CCCCCCCc1ncc(O[C@H]2CC[C@H](CC)CC2)cc1C. The van der Waals surface area contributed by atoms with Crippen molar-refractivity contribution >= 4 is 0 Å². The van der Waals surface area contributed by atoms with Crippen molar-refractivity contribution in [3.63, 3.8) is 0 Å². The highest BCUT2D eigenvalue weighted by Crippen LogP contribution is 2.29. The lowest BCUT2D eigenvalue weighted by molar-refractivity contribution is 0.129. The Labute approximate surface area is 143 Å². The van der Waals surface area contributed by atoms with E-state index in [9.17, 15) is 0 Å². The van der Waals surface area contributed by atoms with Gasteiger partial charge in [-0.25, -0.2) is 0 Å². The summed E-state index contributed by atoms with van der Waals surface area (Å²) in [7, 11) is 0. The van der Waals surface area contributed by atoms with Crippen molar-refractivity contribution < 1.29 is 4.74 Å². The molecule has 0 aromatic carbocycles. The van der Waals surface area contributed by atoms with Gasteiger partial charge in [0, 0.05) is 5.69 Å². The molecule has 23 heavy (non-hydrogen) atoms. The molecule has 0 aliphatic heterocycles. The van der Waals surface area contributed by atoms with Crippen molar-refractivity contribution in [2.45, 2.75) is 97.5 Å². The zero-order valence-corrected chi connectivity index (χ0v) is 15.4. The number of hydrogen-bond acceptors (Lipinski definition) is 2. The van der Waals surface area contributed by atoms with Crippen molar-refractivity contribution in [3.8, 4) is 5.75 Å². The van der Waals surface area contributed by atoms with Gasteiger partial charge in [0.2, 0.25) is 0 Å². The van der Waals surface area contributed by atoms with E-state index in [2.05, 4.69) is 31.8 Å². The first-order chi connectivity index (χ1) is 11.2. The van der Waals surface area contributed by atoms with Crippen LogP contribution in [0.5, 0.6) is 5.75 Å². The highest BCUT2D eigenvalue weighted by Gasteiger charge is 2.21. The summed E-state index contributed by atoms with van der Waals surface area (Å²) in [6.45, 7) is 6.74. The summed E-state index contributed by atoms with van der Waals surface area (Å²) in [5.74, 6) is 1.89. The molecule has 130 valence electrons. The first-order valence-electron chi connectivity index (χ1n) is 9.85. The van der Waals surface area contributed by atoms with E-state index in [1.165, 1.54) is 75.5 Å². The molecule has 0 spiro atoms. The Morgan fingerprint density at radius 1 is 1.04 bits per heavy atom. The first kappa shape index (κ1) is 18.3. The molecule has 0 unspecified atom stereocenters. The van der Waals surface area contributed by atoms with Gasteiger partial charge < -0.3 is 4.74 Å². The Bertz CT molecular complexity index is 449. The molecule has 2 rings (SSSR count). The number of rotatable bonds is 9.